The monoisotopic (exact) mass is 582 g/mol. The number of benzene rings is 2. The van der Waals surface area contributed by atoms with Crippen molar-refractivity contribution < 1.29 is 33.5 Å². The van der Waals surface area contributed by atoms with Crippen molar-refractivity contribution >= 4 is 29.8 Å². The van der Waals surface area contributed by atoms with Gasteiger partial charge in [0.25, 0.3) is 0 Å². The quantitative estimate of drug-likeness (QED) is 0.236. The number of imidazole rings is 1. The SMILES string of the molecule is CCC(=O)[O-].CCc1n(N=Cc2cc(OC)c(N(C)C)c(OC)c2)cc[n+]1N=Cc1cc(OC)c(N(C)C)c(OC)c1. The van der Waals surface area contributed by atoms with Gasteiger partial charge in [-0.3, -0.25) is 0 Å². The molecular formula is C30H42N6O6. The average Bonchev–Trinajstić information content (AvgIpc) is 3.39. The minimum Gasteiger partial charge on any atom is -0.550 e. The Balaban J connectivity index is 0.00000113. The molecule has 0 unspecified atom stereocenters. The molecule has 0 fully saturated rings. The van der Waals surface area contributed by atoms with Crippen LogP contribution in [-0.4, -0.2) is 79.7 Å². The number of carboxylic acid groups (broad SMARTS) is 1. The summed E-state index contributed by atoms with van der Waals surface area (Å²) in [5.41, 5.74) is 3.45. The molecule has 12 nitrogen and oxygen atoms in total. The first-order chi connectivity index (χ1) is 20.0. The largest absolute Gasteiger partial charge is 0.550 e. The van der Waals surface area contributed by atoms with Gasteiger partial charge < -0.3 is 38.6 Å². The Labute approximate surface area is 248 Å². The smallest absolute Gasteiger partial charge is 0.307 e. The van der Waals surface area contributed by atoms with E-state index in [0.717, 1.165) is 34.7 Å². The second-order valence-corrected chi connectivity index (χ2v) is 9.31. The van der Waals surface area contributed by atoms with Crippen LogP contribution in [0.3, 0.4) is 0 Å². The summed E-state index contributed by atoms with van der Waals surface area (Å²) in [7, 11) is 14.4. The molecule has 0 saturated carbocycles. The van der Waals surface area contributed by atoms with Crippen LogP contribution in [0.1, 0.15) is 37.2 Å². The maximum Gasteiger partial charge on any atom is 0.307 e. The number of hydrogen-bond acceptors (Lipinski definition) is 10. The number of aliphatic carboxylic acids is 1. The number of nitrogens with zero attached hydrogens (tertiary/aromatic N) is 6. The van der Waals surface area contributed by atoms with Gasteiger partial charge in [-0.15, -0.1) is 9.35 Å². The van der Waals surface area contributed by atoms with Gasteiger partial charge in [-0.25, -0.2) is 0 Å². The zero-order valence-corrected chi connectivity index (χ0v) is 26.2. The van der Waals surface area contributed by atoms with E-state index in [9.17, 15) is 9.90 Å². The number of hydrogen-bond donors (Lipinski definition) is 0. The number of ether oxygens (including phenoxy) is 4. The lowest BCUT2D eigenvalue weighted by atomic mass is 10.1. The van der Waals surface area contributed by atoms with E-state index in [-0.39, 0.29) is 6.42 Å². The lowest BCUT2D eigenvalue weighted by Gasteiger charge is -2.20. The molecular weight excluding hydrogens is 540 g/mol. The maximum absolute atomic E-state index is 9.26. The first-order valence-electron chi connectivity index (χ1n) is 13.3. The molecule has 0 saturated heterocycles. The Hall–Kier alpha value is -4.74. The maximum atomic E-state index is 9.26. The van der Waals surface area contributed by atoms with Gasteiger partial charge >= 0.3 is 5.82 Å². The predicted octanol–water partition coefficient (Wildman–Crippen LogP) is 2.42. The summed E-state index contributed by atoms with van der Waals surface area (Å²) in [5.74, 6) is 2.74. The first kappa shape index (κ1) is 33.5. The Morgan fingerprint density at radius 1 is 0.833 bits per heavy atom. The van der Waals surface area contributed by atoms with Crippen molar-refractivity contribution in [2.45, 2.75) is 26.7 Å². The summed E-state index contributed by atoms with van der Waals surface area (Å²) in [6.45, 7) is 3.60. The summed E-state index contributed by atoms with van der Waals surface area (Å²) >= 11 is 0. The van der Waals surface area contributed by atoms with Crippen molar-refractivity contribution in [1.82, 2.24) is 4.68 Å². The normalized spacial score (nSPS) is 10.8. The fraction of sp³-hybridized carbons (Fsp3) is 0.400. The van der Waals surface area contributed by atoms with Crippen molar-refractivity contribution in [2.24, 2.45) is 10.2 Å². The zero-order chi connectivity index (χ0) is 31.4. The summed E-state index contributed by atoms with van der Waals surface area (Å²) in [6, 6.07) is 7.73. The highest BCUT2D eigenvalue weighted by Crippen LogP contribution is 2.38. The van der Waals surface area contributed by atoms with Crippen LogP contribution in [0.2, 0.25) is 0 Å². The van der Waals surface area contributed by atoms with E-state index in [1.807, 2.05) is 74.6 Å². The van der Waals surface area contributed by atoms with Crippen molar-refractivity contribution in [3.63, 3.8) is 0 Å². The predicted molar refractivity (Wildman–Crippen MR) is 163 cm³/mol. The minimum atomic E-state index is -0.995. The molecule has 0 spiro atoms. The van der Waals surface area contributed by atoms with E-state index >= 15 is 0 Å². The standard InChI is InChI=1S/C27H37N6O4.C3H6O2/c1-10-25-32(28-17-19-13-21(34-6)26(30(2)3)22(14-19)35-7)11-12-33(25)29-18-20-15-23(36-8)27(31(4)5)24(16-20)37-9;1-2-3(4)5/h11-18H,10H2,1-9H3;2H2,1H3,(H,4,5)/q+1;/p-1. The van der Waals surface area contributed by atoms with Crippen molar-refractivity contribution in [2.75, 3.05) is 66.4 Å². The third kappa shape index (κ3) is 8.38. The van der Waals surface area contributed by atoms with E-state index in [1.54, 1.807) is 50.2 Å². The van der Waals surface area contributed by atoms with E-state index in [0.29, 0.717) is 23.0 Å². The molecule has 0 aliphatic heterocycles. The minimum absolute atomic E-state index is 0.111. The molecule has 0 aliphatic rings. The number of carbonyl (C=O) groups is 1. The molecule has 0 atom stereocenters. The number of aromatic nitrogens is 2. The zero-order valence-electron chi connectivity index (χ0n) is 26.2. The molecule has 0 N–H and O–H groups in total. The number of anilines is 2. The molecule has 1 aromatic heterocycles. The third-order valence-electron chi connectivity index (χ3n) is 6.04. The van der Waals surface area contributed by atoms with Crippen LogP contribution >= 0.6 is 0 Å². The summed E-state index contributed by atoms with van der Waals surface area (Å²) in [6.07, 6.45) is 8.11. The van der Waals surface area contributed by atoms with Gasteiger partial charge in [0.05, 0.1) is 47.3 Å². The van der Waals surface area contributed by atoms with Gasteiger partial charge in [0.15, 0.2) is 12.4 Å². The molecule has 0 bridgehead atoms. The Morgan fingerprint density at radius 3 is 1.57 bits per heavy atom. The molecule has 0 radical (unpaired) electrons. The number of carboxylic acids is 1. The molecule has 3 aromatic rings. The highest BCUT2D eigenvalue weighted by Gasteiger charge is 2.18. The van der Waals surface area contributed by atoms with Crippen molar-refractivity contribution in [3.05, 3.63) is 53.6 Å². The van der Waals surface area contributed by atoms with Gasteiger partial charge in [-0.2, -0.15) is 0 Å². The molecule has 2 aromatic carbocycles. The number of methoxy groups -OCH3 is 4. The highest BCUT2D eigenvalue weighted by molar-refractivity contribution is 5.85. The fourth-order valence-corrected chi connectivity index (χ4v) is 4.05. The first-order valence-corrected chi connectivity index (χ1v) is 13.3. The Morgan fingerprint density at radius 2 is 1.24 bits per heavy atom. The molecule has 42 heavy (non-hydrogen) atoms. The van der Waals surface area contributed by atoms with Crippen molar-refractivity contribution in [3.8, 4) is 23.0 Å². The van der Waals surface area contributed by atoms with E-state index < -0.39 is 5.97 Å². The van der Waals surface area contributed by atoms with Crippen LogP contribution < -0.4 is 38.5 Å². The third-order valence-corrected chi connectivity index (χ3v) is 6.04. The van der Waals surface area contributed by atoms with Crippen LogP contribution in [0.4, 0.5) is 11.4 Å². The molecule has 0 amide bonds. The van der Waals surface area contributed by atoms with Crippen LogP contribution in [0.15, 0.2) is 46.9 Å². The summed E-state index contributed by atoms with van der Waals surface area (Å²) in [4.78, 5) is 13.2. The topological polar surface area (TPSA) is 117 Å². The number of carbonyl (C=O) groups excluding carboxylic acids is 1. The fourth-order valence-electron chi connectivity index (χ4n) is 4.05. The highest BCUT2D eigenvalue weighted by atomic mass is 16.5. The summed E-state index contributed by atoms with van der Waals surface area (Å²) in [5, 5.41) is 18.6. The average molecular weight is 583 g/mol. The van der Waals surface area contributed by atoms with E-state index in [4.69, 9.17) is 18.9 Å². The molecule has 12 heteroatoms. The summed E-state index contributed by atoms with van der Waals surface area (Å²) < 4.78 is 25.9. The van der Waals surface area contributed by atoms with Crippen molar-refractivity contribution in [1.29, 1.82) is 0 Å². The van der Waals surface area contributed by atoms with Gasteiger partial charge in [0.2, 0.25) is 0 Å². The van der Waals surface area contributed by atoms with Crippen LogP contribution in [0.25, 0.3) is 0 Å². The van der Waals surface area contributed by atoms with Gasteiger partial charge in [0.1, 0.15) is 34.4 Å². The van der Waals surface area contributed by atoms with E-state index in [2.05, 4.69) is 17.1 Å². The van der Waals surface area contributed by atoms with Crippen LogP contribution in [0.5, 0.6) is 23.0 Å². The second kappa shape index (κ2) is 15.9. The Bertz CT molecular complexity index is 1250. The number of rotatable bonds is 12. The van der Waals surface area contributed by atoms with Gasteiger partial charge in [-0.05, 0) is 30.7 Å². The molecule has 228 valence electrons. The Kier molecular flexibility index (Phi) is 12.7. The van der Waals surface area contributed by atoms with Gasteiger partial charge in [-0.1, -0.05) is 24.1 Å². The second-order valence-electron chi connectivity index (χ2n) is 9.31. The van der Waals surface area contributed by atoms with Crippen LogP contribution in [0, 0.1) is 0 Å². The molecule has 1 heterocycles. The molecule has 0 aliphatic carbocycles. The van der Waals surface area contributed by atoms with Gasteiger partial charge in [0, 0.05) is 45.3 Å². The molecule has 3 rings (SSSR count). The lowest BCUT2D eigenvalue weighted by Crippen LogP contribution is -2.31. The van der Waals surface area contributed by atoms with E-state index in [1.165, 1.54) is 6.92 Å². The lowest BCUT2D eigenvalue weighted by molar-refractivity contribution is -0.685. The van der Waals surface area contributed by atoms with Crippen LogP contribution in [-0.2, 0) is 11.2 Å².